The predicted octanol–water partition coefficient (Wildman–Crippen LogP) is 15.0. The van der Waals surface area contributed by atoms with Gasteiger partial charge >= 0.3 is 7.60 Å². The van der Waals surface area contributed by atoms with Crippen molar-refractivity contribution in [3.8, 4) is 0 Å². The van der Waals surface area contributed by atoms with Gasteiger partial charge in [-0.3, -0.25) is 9.09 Å². The van der Waals surface area contributed by atoms with Gasteiger partial charge in [-0.25, -0.2) is 0 Å². The zero-order valence-electron chi connectivity index (χ0n) is 36.3. The van der Waals surface area contributed by atoms with Gasteiger partial charge in [-0.05, 0) is 77.3 Å². The van der Waals surface area contributed by atoms with E-state index in [9.17, 15) is 4.57 Å². The third-order valence-corrected chi connectivity index (χ3v) is 11.5. The van der Waals surface area contributed by atoms with Gasteiger partial charge in [-0.1, -0.05) is 168 Å². The molecule has 0 aromatic heterocycles. The fourth-order valence-electron chi connectivity index (χ4n) is 6.58. The molecule has 7 heteroatoms. The predicted molar refractivity (Wildman–Crippen MR) is 232 cm³/mol. The molecule has 0 heterocycles. The summed E-state index contributed by atoms with van der Waals surface area (Å²) in [5, 5.41) is 0. The highest BCUT2D eigenvalue weighted by molar-refractivity contribution is 7.53. The van der Waals surface area contributed by atoms with Crippen LogP contribution in [-0.2, 0) is 23.1 Å². The molecule has 0 N–H and O–H groups in total. The molecule has 0 aromatic carbocycles. The number of hydrogen-bond donors (Lipinski definition) is 0. The van der Waals surface area contributed by atoms with E-state index < -0.39 is 13.9 Å². The Bertz CT molecular complexity index is 818. The number of unbranched alkanes of at least 4 members (excludes halogenated alkanes) is 24. The van der Waals surface area contributed by atoms with Gasteiger partial charge in [0.1, 0.15) is 0 Å². The molecule has 0 amide bonds. The Morgan fingerprint density at radius 3 is 1.32 bits per heavy atom. The van der Waals surface area contributed by atoms with E-state index >= 15 is 0 Å². The number of likely N-dealkylation sites (N-methyl/N-ethyl adjacent to an activating group) is 1. The third kappa shape index (κ3) is 41.0. The summed E-state index contributed by atoms with van der Waals surface area (Å²) in [4.78, 5) is 2.26. The van der Waals surface area contributed by atoms with Crippen LogP contribution in [0.25, 0.3) is 0 Å². The lowest BCUT2D eigenvalue weighted by Crippen LogP contribution is -2.27. The molecule has 0 saturated heterocycles. The number of hydrogen-bond acceptors (Lipinski definition) is 6. The Balaban J connectivity index is 4.13. The van der Waals surface area contributed by atoms with Crippen LogP contribution < -0.4 is 0 Å². The van der Waals surface area contributed by atoms with Gasteiger partial charge in [-0.2, -0.15) is 0 Å². The molecule has 53 heavy (non-hydrogen) atoms. The SMILES string of the molecule is CCCCCCCC/C=C\CCCCCCCCOCCC(OCCCCCCCC/C=C\CCCCCCCC)OP(C)(=O)OCCN(CC)CC. The average molecular weight is 770 g/mol. The van der Waals surface area contributed by atoms with Crippen LogP contribution in [0.5, 0.6) is 0 Å². The van der Waals surface area contributed by atoms with Crippen LogP contribution >= 0.6 is 7.60 Å². The molecule has 0 fully saturated rings. The molecule has 2 atom stereocenters. The lowest BCUT2D eigenvalue weighted by Gasteiger charge is -2.24. The largest absolute Gasteiger partial charge is 0.381 e. The minimum atomic E-state index is -3.23. The first-order valence-electron chi connectivity index (χ1n) is 23.1. The standard InChI is InChI=1S/C46H92NO5P/c1-6-10-12-14-16-18-20-22-24-26-28-30-32-34-36-38-42-49-44-40-46(52-53(5,48)51-45-41-47(8-3)9-4)50-43-39-37-35-33-31-29-27-25-23-21-19-17-15-13-11-7-2/h22-25,46H,6-21,26-45H2,1-5H3/b24-22-,25-23-. The second-order valence-electron chi connectivity index (χ2n) is 15.3. The minimum Gasteiger partial charge on any atom is -0.381 e. The third-order valence-electron chi connectivity index (χ3n) is 10.2. The lowest BCUT2D eigenvalue weighted by atomic mass is 10.1. The molecule has 2 unspecified atom stereocenters. The van der Waals surface area contributed by atoms with Crippen molar-refractivity contribution in [3.05, 3.63) is 24.3 Å². The van der Waals surface area contributed by atoms with Crippen LogP contribution in [0.1, 0.15) is 214 Å². The molecule has 0 radical (unpaired) electrons. The molecule has 0 saturated carbocycles. The van der Waals surface area contributed by atoms with Crippen LogP contribution in [-0.4, -0.2) is 63.9 Å². The van der Waals surface area contributed by atoms with Crippen LogP contribution in [0.3, 0.4) is 0 Å². The number of nitrogens with zero attached hydrogens (tertiary/aromatic N) is 1. The van der Waals surface area contributed by atoms with Gasteiger partial charge in [0.05, 0.1) is 13.2 Å². The fraction of sp³-hybridized carbons (Fsp3) is 0.913. The van der Waals surface area contributed by atoms with Crippen molar-refractivity contribution in [2.24, 2.45) is 0 Å². The van der Waals surface area contributed by atoms with Crippen LogP contribution in [0.2, 0.25) is 0 Å². The Morgan fingerprint density at radius 1 is 0.491 bits per heavy atom. The molecular weight excluding hydrogens is 677 g/mol. The summed E-state index contributed by atoms with van der Waals surface area (Å²) in [5.41, 5.74) is 0. The molecular formula is C46H92NO5P. The number of rotatable bonds is 44. The van der Waals surface area contributed by atoms with E-state index in [4.69, 9.17) is 18.5 Å². The first-order valence-corrected chi connectivity index (χ1v) is 25.1. The maximum absolute atomic E-state index is 13.2. The highest BCUT2D eigenvalue weighted by Crippen LogP contribution is 2.45. The second-order valence-corrected chi connectivity index (χ2v) is 17.3. The van der Waals surface area contributed by atoms with Crippen LogP contribution in [0.15, 0.2) is 24.3 Å². The maximum Gasteiger partial charge on any atom is 0.329 e. The van der Waals surface area contributed by atoms with Crippen molar-refractivity contribution in [2.75, 3.05) is 52.7 Å². The van der Waals surface area contributed by atoms with E-state index in [1.807, 2.05) is 0 Å². The normalized spacial score (nSPS) is 13.9. The van der Waals surface area contributed by atoms with Crippen molar-refractivity contribution in [1.29, 1.82) is 0 Å². The van der Waals surface area contributed by atoms with E-state index in [0.717, 1.165) is 45.5 Å². The van der Waals surface area contributed by atoms with Gasteiger partial charge in [0, 0.05) is 32.8 Å². The van der Waals surface area contributed by atoms with Gasteiger partial charge < -0.3 is 18.9 Å². The summed E-state index contributed by atoms with van der Waals surface area (Å²) in [7, 11) is -3.23. The molecule has 0 aliphatic carbocycles. The molecule has 0 rings (SSSR count). The van der Waals surface area contributed by atoms with Crippen molar-refractivity contribution in [3.63, 3.8) is 0 Å². The molecule has 0 bridgehead atoms. The summed E-state index contributed by atoms with van der Waals surface area (Å²) >= 11 is 0. The van der Waals surface area contributed by atoms with E-state index in [1.165, 1.54) is 161 Å². The first kappa shape index (κ1) is 52.5. The highest BCUT2D eigenvalue weighted by atomic mass is 31.2. The Labute approximate surface area is 331 Å². The summed E-state index contributed by atoms with van der Waals surface area (Å²) in [5.74, 6) is 0. The maximum atomic E-state index is 13.2. The van der Waals surface area contributed by atoms with Crippen LogP contribution in [0.4, 0.5) is 0 Å². The summed E-state index contributed by atoms with van der Waals surface area (Å²) in [6.45, 7) is 15.3. The smallest absolute Gasteiger partial charge is 0.329 e. The molecule has 6 nitrogen and oxygen atoms in total. The molecule has 0 aliphatic heterocycles. The monoisotopic (exact) mass is 770 g/mol. The topological polar surface area (TPSA) is 57.2 Å². The van der Waals surface area contributed by atoms with E-state index in [0.29, 0.717) is 26.2 Å². The van der Waals surface area contributed by atoms with E-state index in [-0.39, 0.29) is 0 Å². The Hall–Kier alpha value is -0.490. The van der Waals surface area contributed by atoms with E-state index in [2.05, 4.69) is 56.9 Å². The van der Waals surface area contributed by atoms with Crippen molar-refractivity contribution in [1.82, 2.24) is 4.90 Å². The molecule has 0 spiro atoms. The Morgan fingerprint density at radius 2 is 0.887 bits per heavy atom. The fourth-order valence-corrected chi connectivity index (χ4v) is 7.65. The van der Waals surface area contributed by atoms with Gasteiger partial charge in [0.25, 0.3) is 0 Å². The first-order chi connectivity index (χ1) is 26.0. The lowest BCUT2D eigenvalue weighted by molar-refractivity contribution is -0.101. The second kappa shape index (κ2) is 42.6. The summed E-state index contributed by atoms with van der Waals surface area (Å²) in [6.07, 6.45) is 45.8. The van der Waals surface area contributed by atoms with Gasteiger partial charge in [-0.15, -0.1) is 0 Å². The van der Waals surface area contributed by atoms with Crippen molar-refractivity contribution < 1.29 is 23.1 Å². The number of allylic oxidation sites excluding steroid dienone is 4. The highest BCUT2D eigenvalue weighted by Gasteiger charge is 2.24. The number of ether oxygens (including phenoxy) is 2. The summed E-state index contributed by atoms with van der Waals surface area (Å²) in [6, 6.07) is 0. The molecule has 0 aromatic rings. The Kier molecular flexibility index (Phi) is 42.3. The van der Waals surface area contributed by atoms with Crippen molar-refractivity contribution >= 4 is 7.60 Å². The zero-order chi connectivity index (χ0) is 38.8. The molecule has 0 aliphatic rings. The van der Waals surface area contributed by atoms with Crippen LogP contribution in [0, 0.1) is 0 Å². The van der Waals surface area contributed by atoms with E-state index in [1.54, 1.807) is 6.66 Å². The average Bonchev–Trinajstić information content (AvgIpc) is 3.15. The van der Waals surface area contributed by atoms with Crippen molar-refractivity contribution in [2.45, 2.75) is 220 Å². The molecule has 316 valence electrons. The minimum absolute atomic E-state index is 0.392. The van der Waals surface area contributed by atoms with Gasteiger partial charge in [0.2, 0.25) is 0 Å². The zero-order valence-corrected chi connectivity index (χ0v) is 37.2. The summed E-state index contributed by atoms with van der Waals surface area (Å²) < 4.78 is 37.0. The quantitative estimate of drug-likeness (QED) is 0.0266. The van der Waals surface area contributed by atoms with Gasteiger partial charge in [0.15, 0.2) is 6.29 Å².